The molecule has 3 heterocycles. The number of benzene rings is 1. The van der Waals surface area contributed by atoms with E-state index in [0.717, 1.165) is 29.1 Å². The third kappa shape index (κ3) is 5.71. The molecule has 31 heavy (non-hydrogen) atoms. The first-order valence-corrected chi connectivity index (χ1v) is 11.5. The maximum Gasteiger partial charge on any atom is 0.254 e. The molecule has 1 aliphatic rings. The van der Waals surface area contributed by atoms with E-state index in [9.17, 15) is 9.59 Å². The maximum atomic E-state index is 12.7. The number of amides is 2. The van der Waals surface area contributed by atoms with Gasteiger partial charge in [0.05, 0.1) is 28.9 Å². The smallest absolute Gasteiger partial charge is 0.254 e. The van der Waals surface area contributed by atoms with Crippen molar-refractivity contribution in [3.05, 3.63) is 68.9 Å². The molecule has 3 aromatic rings. The van der Waals surface area contributed by atoms with Crippen LogP contribution in [-0.2, 0) is 24.7 Å². The number of hydrogen-bond acceptors (Lipinski definition) is 5. The molecule has 7 nitrogen and oxygen atoms in total. The Morgan fingerprint density at radius 1 is 1.29 bits per heavy atom. The van der Waals surface area contributed by atoms with E-state index in [4.69, 9.17) is 11.6 Å². The van der Waals surface area contributed by atoms with E-state index >= 15 is 0 Å². The minimum Gasteiger partial charge on any atom is -0.349 e. The number of aromatic nitrogens is 3. The van der Waals surface area contributed by atoms with Crippen LogP contribution in [0, 0.1) is 0 Å². The Labute approximate surface area is 190 Å². The highest BCUT2D eigenvalue weighted by Gasteiger charge is 2.25. The van der Waals surface area contributed by atoms with Crippen molar-refractivity contribution in [3.63, 3.8) is 0 Å². The van der Waals surface area contributed by atoms with E-state index in [1.807, 2.05) is 34.5 Å². The molecule has 0 aliphatic carbocycles. The molecule has 1 saturated heterocycles. The van der Waals surface area contributed by atoms with Crippen molar-refractivity contribution in [1.82, 2.24) is 25.0 Å². The molecule has 162 valence electrons. The van der Waals surface area contributed by atoms with Gasteiger partial charge >= 0.3 is 0 Å². The van der Waals surface area contributed by atoms with E-state index < -0.39 is 0 Å². The number of carbonyl (C=O) groups excluding carboxylic acids is 2. The summed E-state index contributed by atoms with van der Waals surface area (Å²) in [7, 11) is 1.78. The number of hydrogen-bond donors (Lipinski definition) is 1. The summed E-state index contributed by atoms with van der Waals surface area (Å²) in [5.41, 5.74) is 2.47. The van der Waals surface area contributed by atoms with Gasteiger partial charge in [0, 0.05) is 49.2 Å². The second-order valence-electron chi connectivity index (χ2n) is 7.75. The van der Waals surface area contributed by atoms with Crippen LogP contribution >= 0.6 is 22.9 Å². The average molecular weight is 458 g/mol. The largest absolute Gasteiger partial charge is 0.349 e. The molecule has 0 unspecified atom stereocenters. The number of halogens is 1. The van der Waals surface area contributed by atoms with E-state index in [2.05, 4.69) is 15.4 Å². The highest BCUT2D eigenvalue weighted by Crippen LogP contribution is 2.19. The number of aryl methyl sites for hydroxylation is 1. The number of nitrogens with zero attached hydrogens (tertiary/aromatic N) is 4. The zero-order valence-corrected chi connectivity index (χ0v) is 18.8. The summed E-state index contributed by atoms with van der Waals surface area (Å²) < 4.78 is 1.61. The van der Waals surface area contributed by atoms with Crippen molar-refractivity contribution in [2.45, 2.75) is 31.7 Å². The average Bonchev–Trinajstić information content (AvgIpc) is 3.37. The van der Waals surface area contributed by atoms with E-state index in [-0.39, 0.29) is 17.9 Å². The van der Waals surface area contributed by atoms with Crippen LogP contribution in [0.25, 0.3) is 0 Å². The molecule has 0 spiro atoms. The summed E-state index contributed by atoms with van der Waals surface area (Å²) in [6, 6.07) is 7.81. The Morgan fingerprint density at radius 3 is 2.81 bits per heavy atom. The Balaban J connectivity index is 1.25. The van der Waals surface area contributed by atoms with Crippen LogP contribution in [-0.4, -0.2) is 50.6 Å². The molecule has 2 aromatic heterocycles. The standard InChI is InChI=1S/C22H24ClN5O2S/c1-27-13-16(12-24-27)22(30)26-18-5-7-28(8-6-18)21(29)11-19-14-31-20(25-19)10-15-3-2-4-17(23)9-15/h2-4,9,12-14,18H,5-8,10-11H2,1H3,(H,26,30). The van der Waals surface area contributed by atoms with Crippen molar-refractivity contribution in [2.24, 2.45) is 7.05 Å². The lowest BCUT2D eigenvalue weighted by molar-refractivity contribution is -0.131. The summed E-state index contributed by atoms with van der Waals surface area (Å²) >= 11 is 7.61. The fourth-order valence-corrected chi connectivity index (χ4v) is 4.72. The highest BCUT2D eigenvalue weighted by atomic mass is 35.5. The molecular formula is C22H24ClN5O2S. The van der Waals surface area contributed by atoms with Gasteiger partial charge in [0.2, 0.25) is 5.91 Å². The minimum atomic E-state index is -0.118. The molecular weight excluding hydrogens is 434 g/mol. The molecule has 1 aliphatic heterocycles. The highest BCUT2D eigenvalue weighted by molar-refractivity contribution is 7.09. The van der Waals surface area contributed by atoms with Gasteiger partial charge in [0.1, 0.15) is 0 Å². The first-order chi connectivity index (χ1) is 15.0. The Bertz CT molecular complexity index is 1070. The number of piperidine rings is 1. The molecule has 4 rings (SSSR count). The zero-order valence-electron chi connectivity index (χ0n) is 17.3. The molecule has 1 aromatic carbocycles. The fraction of sp³-hybridized carbons (Fsp3) is 0.364. The van der Waals surface area contributed by atoms with Gasteiger partial charge in [-0.05, 0) is 30.5 Å². The molecule has 2 amide bonds. The van der Waals surface area contributed by atoms with Crippen LogP contribution in [0.5, 0.6) is 0 Å². The summed E-state index contributed by atoms with van der Waals surface area (Å²) in [6.45, 7) is 1.27. The normalized spacial score (nSPS) is 14.6. The van der Waals surface area contributed by atoms with Crippen LogP contribution in [0.2, 0.25) is 5.02 Å². The van der Waals surface area contributed by atoms with Gasteiger partial charge in [0.25, 0.3) is 5.91 Å². The number of carbonyl (C=O) groups is 2. The molecule has 0 saturated carbocycles. The molecule has 1 fully saturated rings. The van der Waals surface area contributed by atoms with Gasteiger partial charge in [-0.25, -0.2) is 4.98 Å². The fourth-order valence-electron chi connectivity index (χ4n) is 3.68. The molecule has 0 atom stereocenters. The summed E-state index contributed by atoms with van der Waals surface area (Å²) in [6.07, 6.45) is 5.76. The van der Waals surface area contributed by atoms with Crippen LogP contribution in [0.3, 0.4) is 0 Å². The summed E-state index contributed by atoms with van der Waals surface area (Å²) in [5.74, 6) is -0.0378. The van der Waals surface area contributed by atoms with Crippen molar-refractivity contribution in [3.8, 4) is 0 Å². The Morgan fingerprint density at radius 2 is 2.10 bits per heavy atom. The van der Waals surface area contributed by atoms with Crippen LogP contribution in [0.4, 0.5) is 0 Å². The zero-order chi connectivity index (χ0) is 21.8. The van der Waals surface area contributed by atoms with Crippen molar-refractivity contribution in [2.75, 3.05) is 13.1 Å². The predicted molar refractivity (Wildman–Crippen MR) is 120 cm³/mol. The van der Waals surface area contributed by atoms with Crippen molar-refractivity contribution in [1.29, 1.82) is 0 Å². The second-order valence-corrected chi connectivity index (χ2v) is 9.13. The third-order valence-electron chi connectivity index (χ3n) is 5.33. The number of likely N-dealkylation sites (tertiary alicyclic amines) is 1. The van der Waals surface area contributed by atoms with Gasteiger partial charge in [-0.3, -0.25) is 14.3 Å². The quantitative estimate of drug-likeness (QED) is 0.616. The van der Waals surface area contributed by atoms with E-state index in [0.29, 0.717) is 36.5 Å². The first-order valence-electron chi connectivity index (χ1n) is 10.2. The van der Waals surface area contributed by atoms with Crippen molar-refractivity contribution >= 4 is 34.8 Å². The predicted octanol–water partition coefficient (Wildman–Crippen LogP) is 3.08. The Hall–Kier alpha value is -2.71. The SMILES string of the molecule is Cn1cc(C(=O)NC2CCN(C(=O)Cc3csc(Cc4cccc(Cl)c4)n3)CC2)cn1. The molecule has 9 heteroatoms. The first kappa shape index (κ1) is 21.5. The lowest BCUT2D eigenvalue weighted by atomic mass is 10.0. The van der Waals surface area contributed by atoms with E-state index in [1.165, 1.54) is 0 Å². The van der Waals surface area contributed by atoms with Gasteiger partial charge < -0.3 is 10.2 Å². The van der Waals surface area contributed by atoms with E-state index in [1.54, 1.807) is 35.5 Å². The molecule has 1 N–H and O–H groups in total. The van der Waals surface area contributed by atoms with Gasteiger partial charge in [-0.1, -0.05) is 23.7 Å². The number of thiazole rings is 1. The molecule has 0 bridgehead atoms. The second kappa shape index (κ2) is 9.62. The van der Waals surface area contributed by atoms with Gasteiger partial charge in [-0.2, -0.15) is 5.10 Å². The monoisotopic (exact) mass is 457 g/mol. The Kier molecular flexibility index (Phi) is 6.67. The van der Waals surface area contributed by atoms with Crippen LogP contribution < -0.4 is 5.32 Å². The summed E-state index contributed by atoms with van der Waals surface area (Å²) in [5, 5.41) is 10.7. The lowest BCUT2D eigenvalue weighted by Gasteiger charge is -2.32. The lowest BCUT2D eigenvalue weighted by Crippen LogP contribution is -2.46. The summed E-state index contributed by atoms with van der Waals surface area (Å²) in [4.78, 5) is 31.5. The number of rotatable bonds is 6. The number of nitrogens with one attached hydrogen (secondary N) is 1. The van der Waals surface area contributed by atoms with Crippen molar-refractivity contribution < 1.29 is 9.59 Å². The molecule has 0 radical (unpaired) electrons. The van der Waals surface area contributed by atoms with Gasteiger partial charge in [0.15, 0.2) is 0 Å². The van der Waals surface area contributed by atoms with Crippen LogP contribution in [0.15, 0.2) is 42.0 Å². The van der Waals surface area contributed by atoms with Gasteiger partial charge in [-0.15, -0.1) is 11.3 Å². The third-order valence-corrected chi connectivity index (χ3v) is 6.46. The maximum absolute atomic E-state index is 12.7. The van der Waals surface area contributed by atoms with Crippen LogP contribution in [0.1, 0.15) is 39.5 Å². The topological polar surface area (TPSA) is 80.1 Å². The minimum absolute atomic E-state index is 0.0697.